The van der Waals surface area contributed by atoms with E-state index >= 15 is 0 Å². The van der Waals surface area contributed by atoms with E-state index < -0.39 is 0 Å². The molecule has 0 amide bonds. The van der Waals surface area contributed by atoms with Gasteiger partial charge in [0, 0.05) is 11.1 Å². The van der Waals surface area contributed by atoms with Crippen LogP contribution in [0.3, 0.4) is 0 Å². The Morgan fingerprint density at radius 3 is 3.00 bits per heavy atom. The van der Waals surface area contributed by atoms with Gasteiger partial charge in [-0.05, 0) is 36.5 Å². The Bertz CT molecular complexity index is 450. The summed E-state index contributed by atoms with van der Waals surface area (Å²) in [5.74, 6) is 1.08. The van der Waals surface area contributed by atoms with E-state index in [-0.39, 0.29) is 0 Å². The molecule has 0 unspecified atom stereocenters. The second-order valence-corrected chi connectivity index (χ2v) is 5.02. The zero-order chi connectivity index (χ0) is 13.0. The summed E-state index contributed by atoms with van der Waals surface area (Å²) in [7, 11) is 0. The van der Waals surface area contributed by atoms with Crippen LogP contribution >= 0.6 is 11.6 Å². The van der Waals surface area contributed by atoms with Crippen LogP contribution in [0.15, 0.2) is 41.9 Å². The van der Waals surface area contributed by atoms with Crippen molar-refractivity contribution in [1.29, 1.82) is 0 Å². The molecule has 1 aromatic rings. The fourth-order valence-electron chi connectivity index (χ4n) is 2.19. The first kappa shape index (κ1) is 13.0. The van der Waals surface area contributed by atoms with Crippen LogP contribution in [-0.2, 0) is 0 Å². The summed E-state index contributed by atoms with van der Waals surface area (Å²) in [6.45, 7) is 4.16. The first-order chi connectivity index (χ1) is 8.69. The monoisotopic (exact) mass is 263 g/mol. The molecule has 1 aliphatic carbocycles. The number of nitrogens with zero attached hydrogens (tertiary/aromatic N) is 1. The zero-order valence-corrected chi connectivity index (χ0v) is 11.0. The average molecular weight is 264 g/mol. The third kappa shape index (κ3) is 3.26. The quantitative estimate of drug-likeness (QED) is 0.499. The van der Waals surface area contributed by atoms with Gasteiger partial charge in [0.25, 0.3) is 0 Å². The van der Waals surface area contributed by atoms with Gasteiger partial charge in [0.2, 0.25) is 0 Å². The summed E-state index contributed by atoms with van der Waals surface area (Å²) in [6, 6.07) is 8.49. The topological polar surface area (TPSA) is 50.4 Å². The van der Waals surface area contributed by atoms with E-state index in [1.54, 1.807) is 6.08 Å². The molecule has 0 bridgehead atoms. The van der Waals surface area contributed by atoms with Crippen molar-refractivity contribution >= 4 is 17.6 Å². The maximum absolute atomic E-state index is 5.98. The number of halogens is 1. The highest BCUT2D eigenvalue weighted by atomic mass is 35.5. The summed E-state index contributed by atoms with van der Waals surface area (Å²) in [5, 5.41) is 4.01. The predicted octanol–water partition coefficient (Wildman–Crippen LogP) is 2.68. The van der Waals surface area contributed by atoms with Gasteiger partial charge in [-0.1, -0.05) is 29.8 Å². The lowest BCUT2D eigenvalue weighted by atomic mass is 9.76. The summed E-state index contributed by atoms with van der Waals surface area (Å²) < 4.78 is 0. The van der Waals surface area contributed by atoms with Crippen LogP contribution in [-0.4, -0.2) is 18.5 Å². The van der Waals surface area contributed by atoms with Crippen LogP contribution in [0.2, 0.25) is 5.02 Å². The molecule has 3 nitrogen and oxygen atoms in total. The van der Waals surface area contributed by atoms with E-state index in [9.17, 15) is 0 Å². The van der Waals surface area contributed by atoms with Gasteiger partial charge in [-0.2, -0.15) is 0 Å². The Morgan fingerprint density at radius 2 is 2.33 bits per heavy atom. The smallest absolute Gasteiger partial charge is 0.189 e. The molecule has 0 radical (unpaired) electrons. The summed E-state index contributed by atoms with van der Waals surface area (Å²) in [5.41, 5.74) is 7.06. The highest BCUT2D eigenvalue weighted by molar-refractivity contribution is 6.30. The van der Waals surface area contributed by atoms with Gasteiger partial charge in [0.1, 0.15) is 0 Å². The Balaban J connectivity index is 1.82. The number of hydrogen-bond acceptors (Lipinski definition) is 1. The summed E-state index contributed by atoms with van der Waals surface area (Å²) in [4.78, 5) is 4.12. The molecule has 1 aliphatic rings. The molecule has 4 heteroatoms. The number of benzene rings is 1. The molecule has 2 rings (SSSR count). The SMILES string of the molecule is C=CCN=C(N)NC1CC(c2cccc(Cl)c2)C1. The molecule has 18 heavy (non-hydrogen) atoms. The van der Waals surface area contributed by atoms with Crippen LogP contribution in [0, 0.1) is 0 Å². The van der Waals surface area contributed by atoms with Crippen LogP contribution in [0.1, 0.15) is 24.3 Å². The molecular weight excluding hydrogens is 246 g/mol. The third-order valence-electron chi connectivity index (χ3n) is 3.20. The number of nitrogens with two attached hydrogens (primary N) is 1. The van der Waals surface area contributed by atoms with Gasteiger partial charge in [-0.3, -0.25) is 0 Å². The van der Waals surface area contributed by atoms with E-state index in [1.807, 2.05) is 18.2 Å². The number of aliphatic imine (C=N–C) groups is 1. The lowest BCUT2D eigenvalue weighted by molar-refractivity contribution is 0.323. The van der Waals surface area contributed by atoms with Crippen molar-refractivity contribution in [3.05, 3.63) is 47.5 Å². The number of rotatable bonds is 4. The summed E-state index contributed by atoms with van der Waals surface area (Å²) in [6.07, 6.45) is 3.87. The maximum Gasteiger partial charge on any atom is 0.189 e. The van der Waals surface area contributed by atoms with Crippen molar-refractivity contribution in [2.75, 3.05) is 6.54 Å². The molecule has 1 fully saturated rings. The molecule has 0 saturated heterocycles. The predicted molar refractivity (Wildman–Crippen MR) is 77.0 cm³/mol. The zero-order valence-electron chi connectivity index (χ0n) is 10.3. The maximum atomic E-state index is 5.98. The average Bonchev–Trinajstić information content (AvgIpc) is 2.30. The fraction of sp³-hybridized carbons (Fsp3) is 0.357. The Hall–Kier alpha value is -1.48. The van der Waals surface area contributed by atoms with Gasteiger partial charge in [-0.25, -0.2) is 4.99 Å². The minimum absolute atomic E-state index is 0.419. The van der Waals surface area contributed by atoms with Crippen molar-refractivity contribution in [2.45, 2.75) is 24.8 Å². The van der Waals surface area contributed by atoms with Crippen LogP contribution < -0.4 is 11.1 Å². The normalized spacial score (nSPS) is 23.3. The molecular formula is C14H18ClN3. The molecule has 3 N–H and O–H groups in total. The molecule has 0 heterocycles. The number of guanidine groups is 1. The lowest BCUT2D eigenvalue weighted by Gasteiger charge is -2.36. The van der Waals surface area contributed by atoms with Crippen LogP contribution in [0.4, 0.5) is 0 Å². The highest BCUT2D eigenvalue weighted by Gasteiger charge is 2.30. The Kier molecular flexibility index (Phi) is 4.26. The molecule has 1 saturated carbocycles. The lowest BCUT2D eigenvalue weighted by Crippen LogP contribution is -2.46. The van der Waals surface area contributed by atoms with Gasteiger partial charge >= 0.3 is 0 Å². The van der Waals surface area contributed by atoms with Gasteiger partial charge in [0.05, 0.1) is 6.54 Å². The number of nitrogens with one attached hydrogen (secondary N) is 1. The van der Waals surface area contributed by atoms with Crippen molar-refractivity contribution in [1.82, 2.24) is 5.32 Å². The van der Waals surface area contributed by atoms with E-state index in [0.717, 1.165) is 17.9 Å². The van der Waals surface area contributed by atoms with Gasteiger partial charge < -0.3 is 11.1 Å². The van der Waals surface area contributed by atoms with Crippen molar-refractivity contribution in [3.8, 4) is 0 Å². The van der Waals surface area contributed by atoms with Crippen molar-refractivity contribution in [2.24, 2.45) is 10.7 Å². The minimum Gasteiger partial charge on any atom is -0.370 e. The van der Waals surface area contributed by atoms with Gasteiger partial charge in [-0.15, -0.1) is 6.58 Å². The van der Waals surface area contributed by atoms with Crippen LogP contribution in [0.5, 0.6) is 0 Å². The molecule has 1 aromatic carbocycles. The van der Waals surface area contributed by atoms with Gasteiger partial charge in [0.15, 0.2) is 5.96 Å². The number of hydrogen-bond donors (Lipinski definition) is 2. The van der Waals surface area contributed by atoms with E-state index in [2.05, 4.69) is 23.0 Å². The Labute approximate surface area is 113 Å². The first-order valence-electron chi connectivity index (χ1n) is 6.12. The van der Waals surface area contributed by atoms with E-state index in [4.69, 9.17) is 17.3 Å². The minimum atomic E-state index is 0.419. The largest absolute Gasteiger partial charge is 0.370 e. The van der Waals surface area contributed by atoms with Crippen molar-refractivity contribution < 1.29 is 0 Å². The second kappa shape index (κ2) is 5.91. The third-order valence-corrected chi connectivity index (χ3v) is 3.44. The fourth-order valence-corrected chi connectivity index (χ4v) is 2.38. The molecule has 0 spiro atoms. The van der Waals surface area contributed by atoms with E-state index in [1.165, 1.54) is 5.56 Å². The molecule has 96 valence electrons. The molecule has 0 aliphatic heterocycles. The van der Waals surface area contributed by atoms with Crippen molar-refractivity contribution in [3.63, 3.8) is 0 Å². The molecule has 0 atom stereocenters. The van der Waals surface area contributed by atoms with E-state index in [0.29, 0.717) is 24.5 Å². The Morgan fingerprint density at radius 1 is 1.56 bits per heavy atom. The summed E-state index contributed by atoms with van der Waals surface area (Å²) >= 11 is 5.98. The first-order valence-corrected chi connectivity index (χ1v) is 6.49. The second-order valence-electron chi connectivity index (χ2n) is 4.58. The standard InChI is InChI=1S/C14H18ClN3/c1-2-6-17-14(16)18-13-8-11(9-13)10-4-3-5-12(15)7-10/h2-5,7,11,13H,1,6,8-9H2,(H3,16,17,18). The van der Waals surface area contributed by atoms with Crippen LogP contribution in [0.25, 0.3) is 0 Å². The molecule has 0 aromatic heterocycles. The highest BCUT2D eigenvalue weighted by Crippen LogP contribution is 2.37.